The van der Waals surface area contributed by atoms with Crippen LogP contribution in [0.4, 0.5) is 0 Å². The summed E-state index contributed by atoms with van der Waals surface area (Å²) in [4.78, 5) is 14.1. The van der Waals surface area contributed by atoms with Crippen molar-refractivity contribution in [2.75, 3.05) is 33.2 Å². The second-order valence-electron chi connectivity index (χ2n) is 7.17. The van der Waals surface area contributed by atoms with E-state index in [1.165, 1.54) is 15.3 Å². The average Bonchev–Trinajstić information content (AvgIpc) is 3.15. The highest BCUT2D eigenvalue weighted by atomic mass is 35.5. The van der Waals surface area contributed by atoms with Crippen molar-refractivity contribution in [3.63, 3.8) is 0 Å². The standard InChI is InChI=1S/C16H27N3O4S.ClH/c1-12-14(24(21,22)19-7-5-6-8-19)9-13(23-12)15(20)18(4)11-16(2,3)10-17;/h9H,5-8,10-11,17H2,1-4H3;1H. The van der Waals surface area contributed by atoms with Crippen LogP contribution >= 0.6 is 12.4 Å². The molecule has 25 heavy (non-hydrogen) atoms. The predicted molar refractivity (Wildman–Crippen MR) is 98.5 cm³/mol. The minimum atomic E-state index is -3.60. The number of halogens is 1. The van der Waals surface area contributed by atoms with Crippen LogP contribution in [0.2, 0.25) is 0 Å². The van der Waals surface area contributed by atoms with Gasteiger partial charge in [-0.3, -0.25) is 4.79 Å². The maximum absolute atomic E-state index is 12.7. The van der Waals surface area contributed by atoms with Crippen molar-refractivity contribution >= 4 is 28.3 Å². The van der Waals surface area contributed by atoms with E-state index in [1.54, 1.807) is 14.0 Å². The molecule has 2 N–H and O–H groups in total. The number of furan rings is 1. The third kappa shape index (κ3) is 4.75. The van der Waals surface area contributed by atoms with Crippen molar-refractivity contribution in [3.05, 3.63) is 17.6 Å². The highest BCUT2D eigenvalue weighted by Gasteiger charge is 2.32. The third-order valence-corrected chi connectivity index (χ3v) is 6.34. The molecule has 0 saturated carbocycles. The largest absolute Gasteiger partial charge is 0.455 e. The predicted octanol–water partition coefficient (Wildman–Crippen LogP) is 1.85. The van der Waals surface area contributed by atoms with Crippen LogP contribution in [0.5, 0.6) is 0 Å². The van der Waals surface area contributed by atoms with Gasteiger partial charge in [0.1, 0.15) is 10.7 Å². The van der Waals surface area contributed by atoms with E-state index in [0.717, 1.165) is 12.8 Å². The molecule has 0 aliphatic carbocycles. The molecule has 144 valence electrons. The molecule has 2 heterocycles. The summed E-state index contributed by atoms with van der Waals surface area (Å²) in [5.41, 5.74) is 5.48. The molecular formula is C16H28ClN3O4S. The minimum Gasteiger partial charge on any atom is -0.455 e. The maximum atomic E-state index is 12.7. The summed E-state index contributed by atoms with van der Waals surface area (Å²) in [5.74, 6) is -0.0557. The third-order valence-electron chi connectivity index (χ3n) is 4.33. The van der Waals surface area contributed by atoms with Gasteiger partial charge in [0.05, 0.1) is 0 Å². The van der Waals surface area contributed by atoms with Crippen molar-refractivity contribution in [2.45, 2.75) is 38.5 Å². The zero-order valence-corrected chi connectivity index (χ0v) is 16.9. The number of sulfonamides is 1. The van der Waals surface area contributed by atoms with Gasteiger partial charge < -0.3 is 15.1 Å². The molecule has 9 heteroatoms. The van der Waals surface area contributed by atoms with Gasteiger partial charge in [0.2, 0.25) is 10.0 Å². The number of amides is 1. The Morgan fingerprint density at radius 3 is 2.44 bits per heavy atom. The summed E-state index contributed by atoms with van der Waals surface area (Å²) >= 11 is 0. The van der Waals surface area contributed by atoms with Crippen molar-refractivity contribution in [1.82, 2.24) is 9.21 Å². The lowest BCUT2D eigenvalue weighted by molar-refractivity contribution is 0.0707. The van der Waals surface area contributed by atoms with E-state index in [0.29, 0.717) is 26.2 Å². The van der Waals surface area contributed by atoms with Crippen LogP contribution in [0, 0.1) is 12.3 Å². The first-order valence-corrected chi connectivity index (χ1v) is 9.58. The van der Waals surface area contributed by atoms with Crippen LogP contribution < -0.4 is 5.73 Å². The Morgan fingerprint density at radius 2 is 1.92 bits per heavy atom. The second kappa shape index (κ2) is 8.07. The topological polar surface area (TPSA) is 96.8 Å². The van der Waals surface area contributed by atoms with E-state index in [-0.39, 0.29) is 40.1 Å². The van der Waals surface area contributed by atoms with E-state index in [4.69, 9.17) is 10.2 Å². The smallest absolute Gasteiger partial charge is 0.289 e. The first kappa shape index (κ1) is 22.0. The van der Waals surface area contributed by atoms with Gasteiger partial charge in [-0.05, 0) is 31.7 Å². The lowest BCUT2D eigenvalue weighted by atomic mass is 9.93. The molecule has 0 bridgehead atoms. The first-order valence-electron chi connectivity index (χ1n) is 8.14. The van der Waals surface area contributed by atoms with Crippen molar-refractivity contribution < 1.29 is 17.6 Å². The molecule has 0 radical (unpaired) electrons. The van der Waals surface area contributed by atoms with Gasteiger partial charge in [0.25, 0.3) is 5.91 Å². The van der Waals surface area contributed by atoms with Gasteiger partial charge in [0, 0.05) is 32.7 Å². The van der Waals surface area contributed by atoms with E-state index < -0.39 is 10.0 Å². The maximum Gasteiger partial charge on any atom is 0.289 e. The van der Waals surface area contributed by atoms with Gasteiger partial charge in [-0.2, -0.15) is 4.31 Å². The number of carbonyl (C=O) groups excluding carboxylic acids is 1. The Bertz CT molecular complexity index is 709. The Morgan fingerprint density at radius 1 is 1.36 bits per heavy atom. The molecular weight excluding hydrogens is 366 g/mol. The van der Waals surface area contributed by atoms with Gasteiger partial charge in [0.15, 0.2) is 5.76 Å². The molecule has 0 spiro atoms. The number of hydrogen-bond donors (Lipinski definition) is 1. The lowest BCUT2D eigenvalue weighted by Gasteiger charge is -2.28. The average molecular weight is 394 g/mol. The molecule has 1 aromatic heterocycles. The summed E-state index contributed by atoms with van der Waals surface area (Å²) in [5, 5.41) is 0. The highest BCUT2D eigenvalue weighted by Crippen LogP contribution is 2.27. The Kier molecular flexibility index (Phi) is 7.09. The number of carbonyl (C=O) groups is 1. The number of hydrogen-bond acceptors (Lipinski definition) is 5. The van der Waals surface area contributed by atoms with Crippen LogP contribution in [0.1, 0.15) is 43.0 Å². The molecule has 1 aliphatic rings. The van der Waals surface area contributed by atoms with Crippen LogP contribution in [-0.2, 0) is 10.0 Å². The van der Waals surface area contributed by atoms with E-state index in [1.807, 2.05) is 13.8 Å². The zero-order valence-electron chi connectivity index (χ0n) is 15.2. The van der Waals surface area contributed by atoms with Crippen molar-refractivity contribution in [3.8, 4) is 0 Å². The molecule has 7 nitrogen and oxygen atoms in total. The van der Waals surface area contributed by atoms with E-state index in [9.17, 15) is 13.2 Å². The Labute approximate surface area is 156 Å². The van der Waals surface area contributed by atoms with Gasteiger partial charge in [-0.1, -0.05) is 13.8 Å². The molecule has 1 amide bonds. The van der Waals surface area contributed by atoms with E-state index in [2.05, 4.69) is 0 Å². The minimum absolute atomic E-state index is 0. The number of nitrogens with two attached hydrogens (primary N) is 1. The molecule has 1 aliphatic heterocycles. The summed E-state index contributed by atoms with van der Waals surface area (Å²) in [7, 11) is -1.94. The Hall–Kier alpha value is -1.09. The lowest BCUT2D eigenvalue weighted by Crippen LogP contribution is -2.39. The fraction of sp³-hybridized carbons (Fsp3) is 0.688. The second-order valence-corrected chi connectivity index (χ2v) is 9.08. The highest BCUT2D eigenvalue weighted by molar-refractivity contribution is 7.89. The summed E-state index contributed by atoms with van der Waals surface area (Å²) < 4.78 is 32.2. The van der Waals surface area contributed by atoms with Gasteiger partial charge >= 0.3 is 0 Å². The monoisotopic (exact) mass is 393 g/mol. The number of rotatable bonds is 6. The molecule has 1 fully saturated rings. The summed E-state index contributed by atoms with van der Waals surface area (Å²) in [6, 6.07) is 1.34. The molecule has 2 rings (SSSR count). The van der Waals surface area contributed by atoms with Gasteiger partial charge in [-0.25, -0.2) is 8.42 Å². The number of nitrogens with zero attached hydrogens (tertiary/aromatic N) is 2. The first-order chi connectivity index (χ1) is 11.1. The van der Waals surface area contributed by atoms with Crippen LogP contribution in [0.25, 0.3) is 0 Å². The number of aryl methyl sites for hydroxylation is 1. The molecule has 0 aromatic carbocycles. The Balaban J connectivity index is 0.00000312. The molecule has 1 saturated heterocycles. The fourth-order valence-corrected chi connectivity index (χ4v) is 4.54. The summed E-state index contributed by atoms with van der Waals surface area (Å²) in [6.45, 7) is 7.43. The fourth-order valence-electron chi connectivity index (χ4n) is 2.86. The quantitative estimate of drug-likeness (QED) is 0.795. The van der Waals surface area contributed by atoms with Crippen LogP contribution in [0.15, 0.2) is 15.4 Å². The normalized spacial score (nSPS) is 15.9. The van der Waals surface area contributed by atoms with Crippen molar-refractivity contribution in [1.29, 1.82) is 0 Å². The zero-order chi connectivity index (χ0) is 18.1. The SMILES string of the molecule is Cc1oc(C(=O)N(C)CC(C)(C)CN)cc1S(=O)(=O)N1CCCC1.Cl. The molecule has 0 atom stereocenters. The van der Waals surface area contributed by atoms with Crippen molar-refractivity contribution in [2.24, 2.45) is 11.1 Å². The van der Waals surface area contributed by atoms with Crippen LogP contribution in [0.3, 0.4) is 0 Å². The van der Waals surface area contributed by atoms with Gasteiger partial charge in [-0.15, -0.1) is 12.4 Å². The summed E-state index contributed by atoms with van der Waals surface area (Å²) in [6.07, 6.45) is 1.72. The molecule has 1 aromatic rings. The van der Waals surface area contributed by atoms with E-state index >= 15 is 0 Å². The molecule has 0 unspecified atom stereocenters. The van der Waals surface area contributed by atoms with Crippen LogP contribution in [-0.4, -0.2) is 56.8 Å².